The molecule has 30 heavy (non-hydrogen) atoms. The van der Waals surface area contributed by atoms with Gasteiger partial charge in [-0.3, -0.25) is 0 Å². The van der Waals surface area contributed by atoms with Gasteiger partial charge in [-0.25, -0.2) is 0 Å². The van der Waals surface area contributed by atoms with Gasteiger partial charge in [0.1, 0.15) is 0 Å². The third kappa shape index (κ3) is 8.58. The number of unbranched alkanes of at least 4 members (excludes halogenated alkanes) is 2. The van der Waals surface area contributed by atoms with Crippen molar-refractivity contribution < 1.29 is 0 Å². The van der Waals surface area contributed by atoms with Gasteiger partial charge < -0.3 is 16.4 Å². The highest BCUT2D eigenvalue weighted by Gasteiger charge is 2.06. The molecule has 0 saturated carbocycles. The number of hydrogen-bond donors (Lipinski definition) is 3. The molecule has 4 N–H and O–H groups in total. The molecule has 3 rings (SSSR count). The molecule has 0 saturated heterocycles. The van der Waals surface area contributed by atoms with Gasteiger partial charge in [-0.15, -0.1) is 37.2 Å². The maximum absolute atomic E-state index is 5.50. The van der Waals surface area contributed by atoms with Crippen LogP contribution < -0.4 is 16.4 Å². The average molecular weight is 473 g/mol. The summed E-state index contributed by atoms with van der Waals surface area (Å²) < 4.78 is 0. The summed E-state index contributed by atoms with van der Waals surface area (Å²) in [5.41, 5.74) is 6.97. The summed E-state index contributed by atoms with van der Waals surface area (Å²) in [5, 5.41) is 12.6. The lowest BCUT2D eigenvalue weighted by atomic mass is 9.95. The van der Waals surface area contributed by atoms with E-state index in [0.717, 1.165) is 45.6 Å². The smallest absolute Gasteiger partial charge is 0.000791 e. The van der Waals surface area contributed by atoms with Gasteiger partial charge in [0.2, 0.25) is 0 Å². The van der Waals surface area contributed by atoms with Crippen LogP contribution in [0.25, 0.3) is 21.5 Å². The lowest BCUT2D eigenvalue weighted by Gasteiger charge is -2.12. The number of fused-ring (bicyclic) bond motifs is 2. The first-order valence-corrected chi connectivity index (χ1v) is 10.4. The number of rotatable bonds is 12. The Bertz CT molecular complexity index is 788. The molecule has 0 radical (unpaired) electrons. The molecule has 0 aliphatic carbocycles. The monoisotopic (exact) mass is 471 g/mol. The second-order valence-electron chi connectivity index (χ2n) is 7.25. The molecule has 6 heteroatoms. The molecule has 3 aromatic rings. The Hall–Kier alpha value is -1.07. The van der Waals surface area contributed by atoms with Crippen LogP contribution in [-0.2, 0) is 6.42 Å². The van der Waals surface area contributed by atoms with Crippen molar-refractivity contribution in [3.63, 3.8) is 0 Å². The number of halogens is 3. The SMILES string of the molecule is Cl.Cl.Cl.NCCCCNCCCCNCCc1c2ccccc2cc2ccccc12. The van der Waals surface area contributed by atoms with Gasteiger partial charge in [-0.1, -0.05) is 48.5 Å². The second-order valence-corrected chi connectivity index (χ2v) is 7.25. The van der Waals surface area contributed by atoms with Gasteiger partial charge in [-0.2, -0.15) is 0 Å². The Labute approximate surface area is 199 Å². The number of nitrogens with one attached hydrogen (secondary N) is 2. The van der Waals surface area contributed by atoms with Crippen LogP contribution in [0.1, 0.15) is 31.2 Å². The van der Waals surface area contributed by atoms with E-state index < -0.39 is 0 Å². The first-order valence-electron chi connectivity index (χ1n) is 10.4. The summed E-state index contributed by atoms with van der Waals surface area (Å²) in [6.07, 6.45) is 5.83. The van der Waals surface area contributed by atoms with E-state index >= 15 is 0 Å². The number of hydrogen-bond acceptors (Lipinski definition) is 3. The van der Waals surface area contributed by atoms with Gasteiger partial charge in [0.05, 0.1) is 0 Å². The Kier molecular flexibility index (Phi) is 16.0. The second kappa shape index (κ2) is 16.6. The third-order valence-electron chi connectivity index (χ3n) is 5.20. The van der Waals surface area contributed by atoms with Crippen LogP contribution in [-0.4, -0.2) is 32.7 Å². The zero-order valence-corrected chi connectivity index (χ0v) is 20.0. The lowest BCUT2D eigenvalue weighted by molar-refractivity contribution is 0.569. The Morgan fingerprint density at radius 1 is 0.600 bits per heavy atom. The summed E-state index contributed by atoms with van der Waals surface area (Å²) >= 11 is 0. The van der Waals surface area contributed by atoms with Crippen LogP contribution in [0.4, 0.5) is 0 Å². The average Bonchev–Trinajstić information content (AvgIpc) is 2.71. The number of nitrogens with two attached hydrogens (primary N) is 1. The fraction of sp³-hybridized carbons (Fsp3) is 0.417. The maximum Gasteiger partial charge on any atom is -0.000791 e. The molecule has 0 spiro atoms. The molecular weight excluding hydrogens is 437 g/mol. The van der Waals surface area contributed by atoms with E-state index in [4.69, 9.17) is 5.73 Å². The van der Waals surface area contributed by atoms with Crippen molar-refractivity contribution >= 4 is 58.8 Å². The Morgan fingerprint density at radius 3 is 1.60 bits per heavy atom. The highest BCUT2D eigenvalue weighted by atomic mass is 35.5. The Morgan fingerprint density at radius 2 is 1.07 bits per heavy atom. The molecule has 0 aromatic heterocycles. The normalized spacial score (nSPS) is 10.3. The van der Waals surface area contributed by atoms with Crippen molar-refractivity contribution in [3.8, 4) is 0 Å². The zero-order valence-electron chi connectivity index (χ0n) is 17.6. The molecule has 0 bridgehead atoms. The van der Waals surface area contributed by atoms with E-state index in [9.17, 15) is 0 Å². The summed E-state index contributed by atoms with van der Waals surface area (Å²) in [6.45, 7) is 5.13. The third-order valence-corrected chi connectivity index (χ3v) is 5.20. The summed E-state index contributed by atoms with van der Waals surface area (Å²) in [5.74, 6) is 0. The summed E-state index contributed by atoms with van der Waals surface area (Å²) in [4.78, 5) is 0. The zero-order chi connectivity index (χ0) is 18.7. The van der Waals surface area contributed by atoms with Gasteiger partial charge in [0.15, 0.2) is 0 Å². The van der Waals surface area contributed by atoms with Crippen molar-refractivity contribution in [1.29, 1.82) is 0 Å². The van der Waals surface area contributed by atoms with Gasteiger partial charge >= 0.3 is 0 Å². The predicted molar refractivity (Wildman–Crippen MR) is 140 cm³/mol. The van der Waals surface area contributed by atoms with E-state index in [1.54, 1.807) is 0 Å². The molecule has 3 nitrogen and oxygen atoms in total. The molecule has 0 atom stereocenters. The molecular formula is C24H36Cl3N3. The topological polar surface area (TPSA) is 50.1 Å². The molecule has 3 aromatic carbocycles. The van der Waals surface area contributed by atoms with Crippen LogP contribution in [0.5, 0.6) is 0 Å². The molecule has 0 aliphatic rings. The summed E-state index contributed by atoms with van der Waals surface area (Å²) in [6, 6.07) is 19.8. The van der Waals surface area contributed by atoms with Crippen LogP contribution in [0.3, 0.4) is 0 Å². The number of benzene rings is 3. The molecule has 0 aliphatic heterocycles. The minimum Gasteiger partial charge on any atom is -0.330 e. The maximum atomic E-state index is 5.50. The molecule has 0 unspecified atom stereocenters. The van der Waals surface area contributed by atoms with E-state index in [1.807, 2.05) is 0 Å². The van der Waals surface area contributed by atoms with Crippen LogP contribution in [0, 0.1) is 0 Å². The molecule has 0 amide bonds. The van der Waals surface area contributed by atoms with Gasteiger partial charge in [0.25, 0.3) is 0 Å². The van der Waals surface area contributed by atoms with Crippen LogP contribution in [0.2, 0.25) is 0 Å². The van der Waals surface area contributed by atoms with Crippen LogP contribution in [0.15, 0.2) is 54.6 Å². The van der Waals surface area contributed by atoms with E-state index in [1.165, 1.54) is 46.4 Å². The van der Waals surface area contributed by atoms with E-state index in [2.05, 4.69) is 65.2 Å². The van der Waals surface area contributed by atoms with Crippen molar-refractivity contribution in [2.24, 2.45) is 5.73 Å². The fourth-order valence-electron chi connectivity index (χ4n) is 3.74. The lowest BCUT2D eigenvalue weighted by Crippen LogP contribution is -2.21. The standard InChI is InChI=1S/C24H33N3.3ClH/c25-14-5-6-15-26-16-7-8-17-27-18-13-24-22-11-3-1-9-20(22)19-21-10-2-4-12-23(21)24;;;/h1-4,9-12,19,26-27H,5-8,13-18,25H2;3*1H. The van der Waals surface area contributed by atoms with Crippen molar-refractivity contribution in [3.05, 3.63) is 60.2 Å². The fourth-order valence-corrected chi connectivity index (χ4v) is 3.74. The molecule has 168 valence electrons. The highest BCUT2D eigenvalue weighted by molar-refractivity contribution is 6.02. The molecule has 0 fully saturated rings. The minimum atomic E-state index is 0. The Balaban J connectivity index is 0.00000280. The van der Waals surface area contributed by atoms with Gasteiger partial charge in [0, 0.05) is 0 Å². The van der Waals surface area contributed by atoms with Crippen molar-refractivity contribution in [2.45, 2.75) is 32.1 Å². The predicted octanol–water partition coefficient (Wildman–Crippen LogP) is 5.50. The first-order chi connectivity index (χ1) is 13.4. The van der Waals surface area contributed by atoms with Crippen LogP contribution >= 0.6 is 37.2 Å². The van der Waals surface area contributed by atoms with Gasteiger partial charge in [-0.05, 0) is 98.0 Å². The minimum absolute atomic E-state index is 0. The van der Waals surface area contributed by atoms with Crippen molar-refractivity contribution in [2.75, 3.05) is 32.7 Å². The molecule has 0 heterocycles. The largest absolute Gasteiger partial charge is 0.330 e. The summed E-state index contributed by atoms with van der Waals surface area (Å²) in [7, 11) is 0. The van der Waals surface area contributed by atoms with E-state index in [-0.39, 0.29) is 37.2 Å². The first kappa shape index (κ1) is 28.9. The van der Waals surface area contributed by atoms with E-state index in [0.29, 0.717) is 0 Å². The highest BCUT2D eigenvalue weighted by Crippen LogP contribution is 2.28. The quantitative estimate of drug-likeness (QED) is 0.241. The van der Waals surface area contributed by atoms with Crippen molar-refractivity contribution in [1.82, 2.24) is 10.6 Å².